The minimum atomic E-state index is -0.476. The van der Waals surface area contributed by atoms with E-state index in [0.717, 1.165) is 11.8 Å². The molecule has 1 aliphatic rings. The van der Waals surface area contributed by atoms with Crippen molar-refractivity contribution in [3.8, 4) is 0 Å². The second kappa shape index (κ2) is 8.18. The Bertz CT molecular complexity index is 840. The smallest absolute Gasteiger partial charge is 0.345 e. The van der Waals surface area contributed by atoms with Gasteiger partial charge in [0.1, 0.15) is 10.9 Å². The van der Waals surface area contributed by atoms with Crippen molar-refractivity contribution in [2.75, 3.05) is 6.61 Å². The van der Waals surface area contributed by atoms with Crippen molar-refractivity contribution in [3.63, 3.8) is 0 Å². The molecular formula is C18H17ClN2O3S. The number of nitrogens with zero attached hydrogens (tertiary/aromatic N) is 1. The average Bonchev–Trinajstić information content (AvgIpc) is 2.97. The van der Waals surface area contributed by atoms with Crippen LogP contribution in [0.3, 0.4) is 0 Å². The summed E-state index contributed by atoms with van der Waals surface area (Å²) in [6.45, 7) is 7.17. The van der Waals surface area contributed by atoms with Crippen LogP contribution in [0.15, 0.2) is 63.8 Å². The number of ether oxygens (including phenoxy) is 1. The van der Waals surface area contributed by atoms with E-state index in [4.69, 9.17) is 22.1 Å². The molecule has 0 atom stereocenters. The normalized spacial score (nSPS) is 17.2. The van der Waals surface area contributed by atoms with Gasteiger partial charge in [0.15, 0.2) is 5.78 Å². The topological polar surface area (TPSA) is 81.8 Å². The van der Waals surface area contributed by atoms with Crippen LogP contribution in [-0.4, -0.2) is 23.4 Å². The van der Waals surface area contributed by atoms with Gasteiger partial charge in [-0.2, -0.15) is 0 Å². The van der Waals surface area contributed by atoms with E-state index < -0.39 is 5.97 Å². The fraction of sp³-hybridized carbons (Fsp3) is 0.167. The summed E-state index contributed by atoms with van der Waals surface area (Å²) >= 11 is 7.20. The van der Waals surface area contributed by atoms with Crippen LogP contribution in [0.5, 0.6) is 0 Å². The zero-order chi connectivity index (χ0) is 18.6. The van der Waals surface area contributed by atoms with Crippen molar-refractivity contribution in [3.05, 3.63) is 69.4 Å². The molecule has 0 unspecified atom stereocenters. The van der Waals surface area contributed by atoms with E-state index in [1.807, 2.05) is 0 Å². The fourth-order valence-electron chi connectivity index (χ4n) is 2.14. The van der Waals surface area contributed by atoms with Crippen molar-refractivity contribution in [1.82, 2.24) is 0 Å². The summed E-state index contributed by atoms with van der Waals surface area (Å²) in [5.74, 6) is -0.648. The number of Topliss-reactive ketones (excluding diaryl/α,β-unsaturated/α-hetero) is 1. The van der Waals surface area contributed by atoms with Crippen LogP contribution >= 0.6 is 23.4 Å². The number of allylic oxidation sites excluding steroid dienone is 2. The zero-order valence-corrected chi connectivity index (χ0v) is 15.4. The summed E-state index contributed by atoms with van der Waals surface area (Å²) in [6, 6.07) is 6.77. The van der Waals surface area contributed by atoms with Gasteiger partial charge in [0.2, 0.25) is 0 Å². The van der Waals surface area contributed by atoms with Gasteiger partial charge in [0, 0.05) is 16.7 Å². The van der Waals surface area contributed by atoms with E-state index >= 15 is 0 Å². The van der Waals surface area contributed by atoms with Crippen LogP contribution in [0.2, 0.25) is 5.02 Å². The summed E-state index contributed by atoms with van der Waals surface area (Å²) in [6.07, 6.45) is 1.58. The molecule has 1 aromatic carbocycles. The number of benzene rings is 1. The Labute approximate surface area is 155 Å². The highest BCUT2D eigenvalue weighted by molar-refractivity contribution is 8.18. The van der Waals surface area contributed by atoms with E-state index in [1.165, 1.54) is 0 Å². The lowest BCUT2D eigenvalue weighted by Crippen LogP contribution is -2.07. The largest absolute Gasteiger partial charge is 0.462 e. The second-order valence-corrected chi connectivity index (χ2v) is 6.52. The molecule has 0 saturated carbocycles. The maximum atomic E-state index is 12.8. The van der Waals surface area contributed by atoms with Crippen molar-refractivity contribution in [2.24, 2.45) is 10.7 Å². The predicted molar refractivity (Wildman–Crippen MR) is 102 cm³/mol. The van der Waals surface area contributed by atoms with Crippen molar-refractivity contribution in [2.45, 2.75) is 13.8 Å². The Kier molecular flexibility index (Phi) is 6.22. The lowest BCUT2D eigenvalue weighted by Gasteiger charge is -2.07. The van der Waals surface area contributed by atoms with Crippen molar-refractivity contribution >= 4 is 40.2 Å². The Balaban J connectivity index is 2.51. The number of hydrogen-bond donors (Lipinski definition) is 1. The quantitative estimate of drug-likeness (QED) is 0.479. The molecule has 2 rings (SSSR count). The van der Waals surface area contributed by atoms with Crippen LogP contribution in [0, 0.1) is 0 Å². The number of carbonyl (C=O) groups excluding carboxylic acids is 2. The first-order valence-corrected chi connectivity index (χ1v) is 8.64. The van der Waals surface area contributed by atoms with E-state index in [2.05, 4.69) is 11.6 Å². The molecule has 0 saturated heterocycles. The molecule has 130 valence electrons. The lowest BCUT2D eigenvalue weighted by atomic mass is 10.00. The van der Waals surface area contributed by atoms with Crippen LogP contribution < -0.4 is 5.73 Å². The summed E-state index contributed by atoms with van der Waals surface area (Å²) in [7, 11) is 0. The number of halogens is 1. The zero-order valence-electron chi connectivity index (χ0n) is 13.8. The number of ketones is 1. The van der Waals surface area contributed by atoms with Gasteiger partial charge in [0.25, 0.3) is 0 Å². The molecular weight excluding hydrogens is 360 g/mol. The molecule has 1 aromatic rings. The first kappa shape index (κ1) is 19.0. The Hall–Kier alpha value is -2.31. The minimum Gasteiger partial charge on any atom is -0.462 e. The molecule has 0 radical (unpaired) electrons. The van der Waals surface area contributed by atoms with Crippen molar-refractivity contribution in [1.29, 1.82) is 0 Å². The molecule has 0 aromatic heterocycles. The van der Waals surface area contributed by atoms with E-state index in [9.17, 15) is 9.59 Å². The second-order valence-electron chi connectivity index (χ2n) is 5.09. The fourth-order valence-corrected chi connectivity index (χ4v) is 3.37. The maximum absolute atomic E-state index is 12.8. The molecule has 0 fully saturated rings. The predicted octanol–water partition coefficient (Wildman–Crippen LogP) is 3.86. The highest BCUT2D eigenvalue weighted by atomic mass is 35.5. The number of hydrogen-bond acceptors (Lipinski definition) is 6. The number of carbonyl (C=O) groups is 2. The SMILES string of the molecule is C=C(N)/N=C1/SC(C(=O)OCC)=C/C1=C(/C)C(=O)c1ccccc1Cl. The molecule has 1 aliphatic heterocycles. The molecule has 0 bridgehead atoms. The van der Waals surface area contributed by atoms with Crippen LogP contribution in [0.25, 0.3) is 0 Å². The van der Waals surface area contributed by atoms with Gasteiger partial charge in [-0.05, 0) is 32.1 Å². The summed E-state index contributed by atoms with van der Waals surface area (Å²) in [4.78, 5) is 29.2. The van der Waals surface area contributed by atoms with Gasteiger partial charge in [-0.15, -0.1) is 0 Å². The van der Waals surface area contributed by atoms with Gasteiger partial charge in [-0.3, -0.25) is 4.79 Å². The number of esters is 1. The minimum absolute atomic E-state index is 0.0801. The number of rotatable bonds is 5. The molecule has 5 nitrogen and oxygen atoms in total. The van der Waals surface area contributed by atoms with Gasteiger partial charge >= 0.3 is 5.97 Å². The molecule has 7 heteroatoms. The first-order chi connectivity index (χ1) is 11.8. The highest BCUT2D eigenvalue weighted by Gasteiger charge is 2.28. The van der Waals surface area contributed by atoms with E-state index in [0.29, 0.717) is 31.7 Å². The summed E-state index contributed by atoms with van der Waals surface area (Å²) < 4.78 is 5.01. The molecule has 0 amide bonds. The Morgan fingerprint density at radius 1 is 1.36 bits per heavy atom. The Morgan fingerprint density at radius 2 is 2.04 bits per heavy atom. The van der Waals surface area contributed by atoms with Crippen LogP contribution in [0.1, 0.15) is 24.2 Å². The monoisotopic (exact) mass is 376 g/mol. The maximum Gasteiger partial charge on any atom is 0.345 e. The number of aliphatic imine (C=N–C) groups is 1. The first-order valence-electron chi connectivity index (χ1n) is 7.45. The van der Waals surface area contributed by atoms with Gasteiger partial charge in [0.05, 0.1) is 16.5 Å². The van der Waals surface area contributed by atoms with Gasteiger partial charge < -0.3 is 10.5 Å². The molecule has 1 heterocycles. The third kappa shape index (κ3) is 4.41. The van der Waals surface area contributed by atoms with E-state index in [-0.39, 0.29) is 18.2 Å². The lowest BCUT2D eigenvalue weighted by molar-refractivity contribution is -0.137. The highest BCUT2D eigenvalue weighted by Crippen LogP contribution is 2.36. The standard InChI is InChI=1S/C18H17ClN2O3S/c1-4-24-18(23)15-9-13(17(25-15)21-11(3)20)10(2)16(22)12-7-5-6-8-14(12)19/h5-9H,3-4,20H2,1-2H3/b13-10+,21-17+. The summed E-state index contributed by atoms with van der Waals surface area (Å²) in [5.41, 5.74) is 6.85. The van der Waals surface area contributed by atoms with Crippen LogP contribution in [0.4, 0.5) is 0 Å². The third-order valence-electron chi connectivity index (χ3n) is 3.30. The average molecular weight is 377 g/mol. The van der Waals surface area contributed by atoms with Gasteiger partial charge in [-0.1, -0.05) is 42.1 Å². The van der Waals surface area contributed by atoms with Crippen molar-refractivity contribution < 1.29 is 14.3 Å². The number of nitrogens with two attached hydrogens (primary N) is 1. The number of thioether (sulfide) groups is 1. The van der Waals surface area contributed by atoms with E-state index in [1.54, 1.807) is 44.2 Å². The Morgan fingerprint density at radius 3 is 2.64 bits per heavy atom. The molecule has 0 aliphatic carbocycles. The van der Waals surface area contributed by atoms with Gasteiger partial charge in [-0.25, -0.2) is 9.79 Å². The van der Waals surface area contributed by atoms with Crippen LogP contribution in [-0.2, 0) is 9.53 Å². The molecule has 25 heavy (non-hydrogen) atoms. The molecule has 2 N–H and O–H groups in total. The molecule has 0 spiro atoms. The summed E-state index contributed by atoms with van der Waals surface area (Å²) in [5, 5.41) is 0.780. The third-order valence-corrected chi connectivity index (χ3v) is 4.64.